The smallest absolute Gasteiger partial charge is 0.136 e. The average molecular weight is 896 g/mol. The highest BCUT2D eigenvalue weighted by Gasteiger charge is 2.35. The molecule has 0 fully saturated rings. The highest BCUT2D eigenvalue weighted by molar-refractivity contribution is 6.22. The third kappa shape index (κ3) is 6.15. The number of hydrogen-bond acceptors (Lipinski definition) is 3. The number of hydrogen-bond donors (Lipinski definition) is 0. The summed E-state index contributed by atoms with van der Waals surface area (Å²) >= 11 is 0. The third-order valence-corrected chi connectivity index (χ3v) is 14.9. The van der Waals surface area contributed by atoms with Gasteiger partial charge in [-0.3, -0.25) is 0 Å². The minimum Gasteiger partial charge on any atom is -0.456 e. The topological polar surface area (TPSA) is 29.5 Å². The van der Waals surface area contributed by atoms with Crippen molar-refractivity contribution in [1.29, 1.82) is 0 Å². The van der Waals surface area contributed by atoms with Crippen LogP contribution in [-0.2, 0) is 5.41 Å². The summed E-state index contributed by atoms with van der Waals surface area (Å²) in [5.74, 6) is 0. The van der Waals surface area contributed by atoms with Gasteiger partial charge in [-0.2, -0.15) is 0 Å². The Morgan fingerprint density at radius 3 is 1.51 bits per heavy atom. The predicted molar refractivity (Wildman–Crippen MR) is 292 cm³/mol. The molecule has 0 amide bonds. The predicted octanol–water partition coefficient (Wildman–Crippen LogP) is 19.1. The van der Waals surface area contributed by atoms with Crippen molar-refractivity contribution in [2.75, 3.05) is 4.90 Å². The summed E-state index contributed by atoms with van der Waals surface area (Å²) in [6, 6.07) is 85.7. The molecule has 14 rings (SSSR count). The molecule has 1 aliphatic carbocycles. The standard InChI is InChI=1S/C67H45NO2/c1-67(2)57-24-11-8-20-50(57)56-41-48(35-38-58(56)67)68(46-31-27-43(28-32-46)42-15-4-3-5-16-42)47-33-29-45(30-34-47)63-52(36-39-61-65(63)54-21-9-12-25-59(54)69-61)53-37-40-62-66(55-22-10-13-26-60(55)70-62)64(53)51-23-14-18-44-17-6-7-19-49(44)51/h3-41H,1-2H3. The molecule has 13 aromatic rings. The van der Waals surface area contributed by atoms with Gasteiger partial charge in [0.05, 0.1) is 0 Å². The molecule has 0 saturated heterocycles. The molecule has 0 spiro atoms. The van der Waals surface area contributed by atoms with Gasteiger partial charge in [0.1, 0.15) is 22.3 Å². The van der Waals surface area contributed by atoms with Gasteiger partial charge in [-0.05, 0) is 139 Å². The molecule has 0 atom stereocenters. The van der Waals surface area contributed by atoms with E-state index in [1.165, 1.54) is 44.2 Å². The van der Waals surface area contributed by atoms with Crippen molar-refractivity contribution in [3.05, 3.63) is 248 Å². The van der Waals surface area contributed by atoms with Gasteiger partial charge in [0.15, 0.2) is 0 Å². The Bertz CT molecular complexity index is 4190. The molecule has 3 heteroatoms. The molecular weight excluding hydrogens is 851 g/mol. The van der Waals surface area contributed by atoms with Crippen LogP contribution in [-0.4, -0.2) is 0 Å². The summed E-state index contributed by atoms with van der Waals surface area (Å²) in [6.07, 6.45) is 0. The second-order valence-corrected chi connectivity index (χ2v) is 19.1. The molecule has 330 valence electrons. The summed E-state index contributed by atoms with van der Waals surface area (Å²) < 4.78 is 13.3. The molecule has 0 saturated carbocycles. The van der Waals surface area contributed by atoms with E-state index in [1.54, 1.807) is 0 Å². The van der Waals surface area contributed by atoms with Crippen molar-refractivity contribution in [3.8, 4) is 55.6 Å². The molecule has 0 radical (unpaired) electrons. The second kappa shape index (κ2) is 15.6. The van der Waals surface area contributed by atoms with E-state index in [1.807, 2.05) is 6.07 Å². The summed E-state index contributed by atoms with van der Waals surface area (Å²) in [6.45, 7) is 4.68. The van der Waals surface area contributed by atoms with Crippen LogP contribution in [0.3, 0.4) is 0 Å². The van der Waals surface area contributed by atoms with Gasteiger partial charge in [-0.1, -0.05) is 178 Å². The summed E-state index contributed by atoms with van der Waals surface area (Å²) in [5.41, 5.74) is 21.1. The first kappa shape index (κ1) is 40.2. The molecular formula is C67H45NO2. The zero-order chi connectivity index (χ0) is 46.5. The zero-order valence-corrected chi connectivity index (χ0v) is 38.8. The summed E-state index contributed by atoms with van der Waals surface area (Å²) in [4.78, 5) is 2.40. The highest BCUT2D eigenvalue weighted by Crippen LogP contribution is 2.52. The molecule has 0 unspecified atom stereocenters. The first-order chi connectivity index (χ1) is 34.5. The van der Waals surface area contributed by atoms with Crippen LogP contribution >= 0.6 is 0 Å². The summed E-state index contributed by atoms with van der Waals surface area (Å²) in [5, 5.41) is 6.77. The lowest BCUT2D eigenvalue weighted by atomic mass is 9.82. The first-order valence-corrected chi connectivity index (χ1v) is 24.2. The lowest BCUT2D eigenvalue weighted by Crippen LogP contribution is -2.15. The maximum atomic E-state index is 6.67. The number of para-hydroxylation sites is 2. The molecule has 70 heavy (non-hydrogen) atoms. The molecule has 0 N–H and O–H groups in total. The van der Waals surface area contributed by atoms with Crippen LogP contribution in [0.5, 0.6) is 0 Å². The normalized spacial score (nSPS) is 12.8. The fourth-order valence-electron chi connectivity index (χ4n) is 11.6. The number of fused-ring (bicyclic) bond motifs is 10. The van der Waals surface area contributed by atoms with Gasteiger partial charge in [0, 0.05) is 55.1 Å². The molecule has 1 aliphatic rings. The van der Waals surface area contributed by atoms with Crippen molar-refractivity contribution in [1.82, 2.24) is 0 Å². The average Bonchev–Trinajstić information content (AvgIpc) is 4.06. The largest absolute Gasteiger partial charge is 0.456 e. The van der Waals surface area contributed by atoms with Crippen LogP contribution in [0.4, 0.5) is 17.1 Å². The molecule has 0 bridgehead atoms. The first-order valence-electron chi connectivity index (χ1n) is 24.2. The quantitative estimate of drug-likeness (QED) is 0.160. The van der Waals surface area contributed by atoms with Gasteiger partial charge in [-0.15, -0.1) is 0 Å². The molecule has 2 aromatic heterocycles. The van der Waals surface area contributed by atoms with Crippen molar-refractivity contribution in [3.63, 3.8) is 0 Å². The van der Waals surface area contributed by atoms with Crippen LogP contribution in [0.15, 0.2) is 245 Å². The van der Waals surface area contributed by atoms with Crippen LogP contribution in [0.2, 0.25) is 0 Å². The van der Waals surface area contributed by atoms with Crippen molar-refractivity contribution >= 4 is 71.7 Å². The number of benzene rings is 11. The molecule has 3 nitrogen and oxygen atoms in total. The Morgan fingerprint density at radius 1 is 0.314 bits per heavy atom. The van der Waals surface area contributed by atoms with Crippen molar-refractivity contribution in [2.45, 2.75) is 19.3 Å². The third-order valence-electron chi connectivity index (χ3n) is 14.9. The van der Waals surface area contributed by atoms with E-state index in [2.05, 4.69) is 249 Å². The van der Waals surface area contributed by atoms with Gasteiger partial charge < -0.3 is 13.7 Å². The number of anilines is 3. The maximum absolute atomic E-state index is 6.67. The van der Waals surface area contributed by atoms with Crippen molar-refractivity contribution < 1.29 is 8.83 Å². The minimum absolute atomic E-state index is 0.0903. The van der Waals surface area contributed by atoms with E-state index in [0.29, 0.717) is 0 Å². The van der Waals surface area contributed by atoms with E-state index in [4.69, 9.17) is 8.83 Å². The summed E-state index contributed by atoms with van der Waals surface area (Å²) in [7, 11) is 0. The van der Waals surface area contributed by atoms with E-state index in [9.17, 15) is 0 Å². The Morgan fingerprint density at radius 2 is 0.814 bits per heavy atom. The number of furan rings is 2. The Hall–Kier alpha value is -8.92. The lowest BCUT2D eigenvalue weighted by molar-refractivity contribution is 0.660. The second-order valence-electron chi connectivity index (χ2n) is 19.1. The molecule has 2 heterocycles. The van der Waals surface area contributed by atoms with Gasteiger partial charge in [0.2, 0.25) is 0 Å². The van der Waals surface area contributed by atoms with Gasteiger partial charge in [0.25, 0.3) is 0 Å². The number of rotatable bonds is 7. The van der Waals surface area contributed by atoms with Crippen LogP contribution in [0.25, 0.3) is 110 Å². The van der Waals surface area contributed by atoms with Gasteiger partial charge in [-0.25, -0.2) is 0 Å². The minimum atomic E-state index is -0.0903. The van der Waals surface area contributed by atoms with Crippen LogP contribution in [0.1, 0.15) is 25.0 Å². The van der Waals surface area contributed by atoms with E-state index < -0.39 is 0 Å². The van der Waals surface area contributed by atoms with E-state index in [0.717, 1.165) is 94.3 Å². The van der Waals surface area contributed by atoms with E-state index >= 15 is 0 Å². The number of nitrogens with zero attached hydrogens (tertiary/aromatic N) is 1. The molecule has 11 aromatic carbocycles. The fraction of sp³-hybridized carbons (Fsp3) is 0.0448. The SMILES string of the molecule is CC1(C)c2ccccc2-c2cc(N(c3ccc(-c4ccccc4)cc3)c3ccc(-c4c(-c5ccc6oc7ccccc7c6c5-c5cccc6ccccc56)ccc5oc6ccccc6c45)cc3)ccc21. The van der Waals surface area contributed by atoms with Crippen LogP contribution in [0, 0.1) is 0 Å². The van der Waals surface area contributed by atoms with Gasteiger partial charge >= 0.3 is 0 Å². The maximum Gasteiger partial charge on any atom is 0.136 e. The monoisotopic (exact) mass is 895 g/mol. The Labute approximate surface area is 406 Å². The fourth-order valence-corrected chi connectivity index (χ4v) is 11.6. The van der Waals surface area contributed by atoms with E-state index in [-0.39, 0.29) is 5.41 Å². The zero-order valence-electron chi connectivity index (χ0n) is 38.8. The molecule has 0 aliphatic heterocycles. The van der Waals surface area contributed by atoms with Crippen LogP contribution < -0.4 is 4.90 Å². The Balaban J connectivity index is 0.993. The highest BCUT2D eigenvalue weighted by atomic mass is 16.3. The lowest BCUT2D eigenvalue weighted by Gasteiger charge is -2.27. The Kier molecular flexibility index (Phi) is 8.93. The van der Waals surface area contributed by atoms with Crippen molar-refractivity contribution in [2.24, 2.45) is 0 Å².